The molecule has 0 aliphatic heterocycles. The van der Waals surface area contributed by atoms with Crippen LogP contribution in [-0.4, -0.2) is 17.5 Å². The molecule has 1 aliphatic rings. The van der Waals surface area contributed by atoms with Crippen LogP contribution < -0.4 is 10.7 Å². The molecule has 0 bridgehead atoms. The van der Waals surface area contributed by atoms with Crippen molar-refractivity contribution in [2.24, 2.45) is 11.0 Å². The van der Waals surface area contributed by atoms with E-state index >= 15 is 0 Å². The van der Waals surface area contributed by atoms with Crippen LogP contribution in [0.2, 0.25) is 0 Å². The van der Waals surface area contributed by atoms with E-state index in [-0.39, 0.29) is 17.7 Å². The van der Waals surface area contributed by atoms with Crippen LogP contribution in [0, 0.1) is 5.92 Å². The lowest BCUT2D eigenvalue weighted by Crippen LogP contribution is -2.24. The molecule has 0 heterocycles. The fourth-order valence-corrected chi connectivity index (χ4v) is 3.80. The lowest BCUT2D eigenvalue weighted by molar-refractivity contribution is -0.120. The molecule has 1 saturated carbocycles. The van der Waals surface area contributed by atoms with Gasteiger partial charge in [0.2, 0.25) is 5.91 Å². The van der Waals surface area contributed by atoms with Gasteiger partial charge in [-0.3, -0.25) is 9.59 Å². The fraction of sp³-hybridized carbons (Fsp3) is 0.318. The van der Waals surface area contributed by atoms with Gasteiger partial charge in [-0.1, -0.05) is 43.5 Å². The van der Waals surface area contributed by atoms with Crippen LogP contribution >= 0.6 is 15.9 Å². The Bertz CT molecular complexity index is 889. The standard InChI is InChI=1S/C22H24BrN3O2/c1-15(25-26-22(28)19-12-5-6-13-20(19)23)17-10-7-11-18(14-17)24-21(27)16-8-3-2-4-9-16/h5-7,10-14,16H,2-4,8-9H2,1H3,(H,24,27)(H,26,28). The van der Waals surface area contributed by atoms with Crippen molar-refractivity contribution in [3.8, 4) is 0 Å². The number of hydrogen-bond acceptors (Lipinski definition) is 3. The van der Waals surface area contributed by atoms with Gasteiger partial charge in [0.1, 0.15) is 0 Å². The van der Waals surface area contributed by atoms with Gasteiger partial charge in [-0.15, -0.1) is 0 Å². The molecule has 146 valence electrons. The number of nitrogens with one attached hydrogen (secondary N) is 2. The summed E-state index contributed by atoms with van der Waals surface area (Å²) in [5.74, 6) is -0.0852. The Morgan fingerprint density at radius 2 is 1.79 bits per heavy atom. The van der Waals surface area contributed by atoms with Crippen molar-refractivity contribution in [3.05, 3.63) is 64.1 Å². The number of amides is 2. The zero-order valence-electron chi connectivity index (χ0n) is 15.9. The number of carbonyl (C=O) groups is 2. The Morgan fingerprint density at radius 1 is 1.04 bits per heavy atom. The minimum atomic E-state index is -0.284. The molecule has 2 aromatic carbocycles. The minimum absolute atomic E-state index is 0.0914. The van der Waals surface area contributed by atoms with Crippen molar-refractivity contribution < 1.29 is 9.59 Å². The smallest absolute Gasteiger partial charge is 0.272 e. The van der Waals surface area contributed by atoms with Gasteiger partial charge >= 0.3 is 0 Å². The average molecular weight is 442 g/mol. The molecular formula is C22H24BrN3O2. The lowest BCUT2D eigenvalue weighted by atomic mass is 9.88. The summed E-state index contributed by atoms with van der Waals surface area (Å²) in [7, 11) is 0. The van der Waals surface area contributed by atoms with Crippen molar-refractivity contribution in [3.63, 3.8) is 0 Å². The maximum Gasteiger partial charge on any atom is 0.272 e. The number of benzene rings is 2. The quantitative estimate of drug-likeness (QED) is 0.498. The molecule has 2 amide bonds. The average Bonchev–Trinajstić information content (AvgIpc) is 2.73. The number of carbonyl (C=O) groups excluding carboxylic acids is 2. The van der Waals surface area contributed by atoms with Crippen molar-refractivity contribution in [1.29, 1.82) is 0 Å². The number of hydrogen-bond donors (Lipinski definition) is 2. The van der Waals surface area contributed by atoms with Gasteiger partial charge in [0, 0.05) is 16.1 Å². The largest absolute Gasteiger partial charge is 0.326 e. The lowest BCUT2D eigenvalue weighted by Gasteiger charge is -2.20. The Labute approximate surface area is 173 Å². The number of anilines is 1. The maximum atomic E-state index is 12.4. The number of nitrogens with zero attached hydrogens (tertiary/aromatic N) is 1. The van der Waals surface area contributed by atoms with E-state index in [0.717, 1.165) is 36.9 Å². The molecule has 2 N–H and O–H groups in total. The maximum absolute atomic E-state index is 12.4. The normalized spacial score (nSPS) is 15.1. The summed E-state index contributed by atoms with van der Waals surface area (Å²) in [5.41, 5.74) is 5.36. The zero-order valence-corrected chi connectivity index (χ0v) is 17.5. The summed E-state index contributed by atoms with van der Waals surface area (Å²) in [6.45, 7) is 1.82. The van der Waals surface area contributed by atoms with E-state index in [4.69, 9.17) is 0 Å². The van der Waals surface area contributed by atoms with Crippen LogP contribution in [-0.2, 0) is 4.79 Å². The van der Waals surface area contributed by atoms with E-state index in [9.17, 15) is 9.59 Å². The second-order valence-corrected chi connectivity index (χ2v) is 7.88. The van der Waals surface area contributed by atoms with Crippen LogP contribution in [0.1, 0.15) is 54.9 Å². The molecular weight excluding hydrogens is 418 g/mol. The highest BCUT2D eigenvalue weighted by Crippen LogP contribution is 2.25. The minimum Gasteiger partial charge on any atom is -0.326 e. The van der Waals surface area contributed by atoms with Crippen LogP contribution in [0.3, 0.4) is 0 Å². The molecule has 5 nitrogen and oxygen atoms in total. The van der Waals surface area contributed by atoms with Crippen LogP contribution in [0.4, 0.5) is 5.69 Å². The molecule has 0 saturated heterocycles. The first-order valence-electron chi connectivity index (χ1n) is 9.55. The molecule has 2 aromatic rings. The van der Waals surface area contributed by atoms with Crippen molar-refractivity contribution >= 4 is 39.1 Å². The third kappa shape index (κ3) is 5.29. The molecule has 1 aliphatic carbocycles. The molecule has 0 spiro atoms. The molecule has 0 aromatic heterocycles. The monoisotopic (exact) mass is 441 g/mol. The van der Waals surface area contributed by atoms with E-state index in [1.807, 2.05) is 43.3 Å². The van der Waals surface area contributed by atoms with Crippen LogP contribution in [0.15, 0.2) is 58.1 Å². The molecule has 6 heteroatoms. The zero-order chi connectivity index (χ0) is 19.9. The van der Waals surface area contributed by atoms with Gasteiger partial charge < -0.3 is 5.32 Å². The van der Waals surface area contributed by atoms with Gasteiger partial charge in [0.05, 0.1) is 11.3 Å². The first kappa shape index (κ1) is 20.3. The second kappa shape index (κ2) is 9.64. The Balaban J connectivity index is 1.65. The van der Waals surface area contributed by atoms with Gasteiger partial charge in [0.15, 0.2) is 0 Å². The highest BCUT2D eigenvalue weighted by atomic mass is 79.9. The van der Waals surface area contributed by atoms with Gasteiger partial charge in [0.25, 0.3) is 5.91 Å². The fourth-order valence-electron chi connectivity index (χ4n) is 3.34. The second-order valence-electron chi connectivity index (χ2n) is 7.02. The van der Waals surface area contributed by atoms with E-state index in [1.165, 1.54) is 6.42 Å². The number of rotatable bonds is 5. The van der Waals surface area contributed by atoms with Crippen LogP contribution in [0.25, 0.3) is 0 Å². The Kier molecular flexibility index (Phi) is 6.98. The predicted octanol–water partition coefficient (Wildman–Crippen LogP) is 5.12. The summed E-state index contributed by atoms with van der Waals surface area (Å²) < 4.78 is 0.716. The van der Waals surface area contributed by atoms with Crippen molar-refractivity contribution in [2.75, 3.05) is 5.32 Å². The first-order chi connectivity index (χ1) is 13.5. The molecule has 3 rings (SSSR count). The first-order valence-corrected chi connectivity index (χ1v) is 10.3. The number of hydrazone groups is 1. The third-order valence-corrected chi connectivity index (χ3v) is 5.66. The summed E-state index contributed by atoms with van der Waals surface area (Å²) in [6, 6.07) is 14.7. The summed E-state index contributed by atoms with van der Waals surface area (Å²) in [6.07, 6.45) is 5.41. The Hall–Kier alpha value is -2.47. The van der Waals surface area contributed by atoms with E-state index in [2.05, 4.69) is 31.8 Å². The van der Waals surface area contributed by atoms with Gasteiger partial charge in [-0.2, -0.15) is 5.10 Å². The molecule has 28 heavy (non-hydrogen) atoms. The van der Waals surface area contributed by atoms with Crippen molar-refractivity contribution in [1.82, 2.24) is 5.43 Å². The molecule has 0 radical (unpaired) electrons. The van der Waals surface area contributed by atoms with E-state index in [1.54, 1.807) is 12.1 Å². The highest BCUT2D eigenvalue weighted by molar-refractivity contribution is 9.10. The molecule has 0 atom stereocenters. The Morgan fingerprint density at radius 3 is 2.54 bits per heavy atom. The van der Waals surface area contributed by atoms with Crippen LogP contribution in [0.5, 0.6) is 0 Å². The topological polar surface area (TPSA) is 70.6 Å². The summed E-state index contributed by atoms with van der Waals surface area (Å²) >= 11 is 3.36. The third-order valence-electron chi connectivity index (χ3n) is 4.97. The summed E-state index contributed by atoms with van der Waals surface area (Å²) in [4.78, 5) is 24.7. The summed E-state index contributed by atoms with van der Waals surface area (Å²) in [5, 5.41) is 7.22. The molecule has 0 unspecified atom stereocenters. The predicted molar refractivity (Wildman–Crippen MR) is 115 cm³/mol. The van der Waals surface area contributed by atoms with Crippen molar-refractivity contribution in [2.45, 2.75) is 39.0 Å². The highest BCUT2D eigenvalue weighted by Gasteiger charge is 2.21. The van der Waals surface area contributed by atoms with E-state index in [0.29, 0.717) is 15.7 Å². The van der Waals surface area contributed by atoms with Gasteiger partial charge in [-0.05, 0) is 65.5 Å². The van der Waals surface area contributed by atoms with Gasteiger partial charge in [-0.25, -0.2) is 5.43 Å². The van der Waals surface area contributed by atoms with E-state index < -0.39 is 0 Å². The number of halogens is 1. The SMILES string of the molecule is CC(=NNC(=O)c1ccccc1Br)c1cccc(NC(=O)C2CCCCC2)c1. The molecule has 1 fully saturated rings.